The molecule has 0 aliphatic rings. The zero-order valence-corrected chi connectivity index (χ0v) is 19.0. The van der Waals surface area contributed by atoms with Crippen molar-refractivity contribution in [2.24, 2.45) is 14.1 Å². The first-order chi connectivity index (χ1) is 15.7. The number of rotatable bonds is 6. The van der Waals surface area contributed by atoms with Gasteiger partial charge in [-0.15, -0.1) is 11.3 Å². The van der Waals surface area contributed by atoms with Crippen LogP contribution in [0.3, 0.4) is 0 Å². The molecule has 3 heterocycles. The summed E-state index contributed by atoms with van der Waals surface area (Å²) in [5, 5.41) is 5.37. The molecule has 0 atom stereocenters. The van der Waals surface area contributed by atoms with Gasteiger partial charge in [-0.3, -0.25) is 23.4 Å². The van der Waals surface area contributed by atoms with E-state index in [0.29, 0.717) is 11.4 Å². The summed E-state index contributed by atoms with van der Waals surface area (Å²) in [6, 6.07) is 11.5. The minimum absolute atomic E-state index is 0.275. The fourth-order valence-corrected chi connectivity index (χ4v) is 4.53. The molecule has 4 aromatic rings. The molecule has 2 N–H and O–H groups in total. The van der Waals surface area contributed by atoms with Crippen molar-refractivity contribution in [2.45, 2.75) is 13.5 Å². The Morgan fingerprint density at radius 3 is 2.52 bits per heavy atom. The monoisotopic (exact) mass is 467 g/mol. The first kappa shape index (κ1) is 22.2. The fourth-order valence-electron chi connectivity index (χ4n) is 3.47. The van der Waals surface area contributed by atoms with E-state index < -0.39 is 35.2 Å². The number of hydrogen-bond acceptors (Lipinski definition) is 8. The number of Topliss-reactive ketones (excluding diaryl/α,β-unsaturated/α-hetero) is 1. The number of aryl methyl sites for hydroxylation is 1. The van der Waals surface area contributed by atoms with Crippen molar-refractivity contribution < 1.29 is 14.3 Å². The van der Waals surface area contributed by atoms with Gasteiger partial charge in [-0.25, -0.2) is 9.59 Å². The molecule has 33 heavy (non-hydrogen) atoms. The number of nitrogens with two attached hydrogens (primary N) is 1. The lowest BCUT2D eigenvalue weighted by Crippen LogP contribution is -2.42. The number of ketones is 1. The lowest BCUT2D eigenvalue weighted by molar-refractivity contribution is 0.0479. The molecule has 0 saturated carbocycles. The summed E-state index contributed by atoms with van der Waals surface area (Å²) in [6.07, 6.45) is 0. The maximum absolute atomic E-state index is 12.6. The van der Waals surface area contributed by atoms with Crippen LogP contribution >= 0.6 is 11.3 Å². The van der Waals surface area contributed by atoms with Crippen molar-refractivity contribution in [1.82, 2.24) is 18.9 Å². The second-order valence-electron chi connectivity index (χ2n) is 7.52. The third kappa shape index (κ3) is 3.98. The van der Waals surface area contributed by atoms with E-state index in [2.05, 4.69) is 5.10 Å². The molecule has 4 rings (SSSR count). The summed E-state index contributed by atoms with van der Waals surface area (Å²) in [7, 11) is 2.59. The number of fused-ring (bicyclic) bond motifs is 1. The van der Waals surface area contributed by atoms with E-state index in [1.54, 1.807) is 6.07 Å². The highest BCUT2D eigenvalue weighted by Crippen LogP contribution is 2.29. The Labute approximate surface area is 191 Å². The van der Waals surface area contributed by atoms with Crippen LogP contribution in [0.1, 0.15) is 31.3 Å². The highest BCUT2D eigenvalue weighted by Gasteiger charge is 2.23. The number of thiophene rings is 1. The van der Waals surface area contributed by atoms with Crippen LogP contribution in [0.2, 0.25) is 0 Å². The first-order valence-corrected chi connectivity index (χ1v) is 10.8. The topological polar surface area (TPSA) is 131 Å². The van der Waals surface area contributed by atoms with Crippen molar-refractivity contribution in [2.75, 3.05) is 12.3 Å². The van der Waals surface area contributed by atoms with E-state index in [4.69, 9.17) is 10.5 Å². The molecular weight excluding hydrogens is 446 g/mol. The van der Waals surface area contributed by atoms with E-state index in [1.165, 1.54) is 25.4 Å². The Morgan fingerprint density at radius 1 is 1.12 bits per heavy atom. The van der Waals surface area contributed by atoms with Crippen LogP contribution in [-0.4, -0.2) is 37.3 Å². The van der Waals surface area contributed by atoms with Gasteiger partial charge in [-0.05, 0) is 18.6 Å². The summed E-state index contributed by atoms with van der Waals surface area (Å²) < 4.78 is 8.75. The van der Waals surface area contributed by atoms with Crippen molar-refractivity contribution >= 4 is 39.1 Å². The predicted molar refractivity (Wildman–Crippen MR) is 124 cm³/mol. The number of aromatic nitrogens is 4. The Bertz CT molecular complexity index is 1510. The zero-order chi connectivity index (χ0) is 23.9. The van der Waals surface area contributed by atoms with Crippen LogP contribution < -0.4 is 17.0 Å². The summed E-state index contributed by atoms with van der Waals surface area (Å²) >= 11 is 1.21. The Balaban J connectivity index is 1.55. The largest absolute Gasteiger partial charge is 0.453 e. The SMILES string of the molecule is Cc1nn(Cc2ccccc2)c2sc(C(=O)OCC(=O)c3c(N)n(C)c(=O)n(C)c3=O)cc12. The minimum atomic E-state index is -0.838. The lowest BCUT2D eigenvalue weighted by atomic mass is 10.2. The Hall–Kier alpha value is -3.99. The first-order valence-electron chi connectivity index (χ1n) is 9.95. The quantitative estimate of drug-likeness (QED) is 0.336. The fraction of sp³-hybridized carbons (Fsp3) is 0.227. The van der Waals surface area contributed by atoms with Crippen LogP contribution in [-0.2, 0) is 25.4 Å². The van der Waals surface area contributed by atoms with Crippen molar-refractivity contribution in [1.29, 1.82) is 0 Å². The molecule has 0 fully saturated rings. The van der Waals surface area contributed by atoms with E-state index in [1.807, 2.05) is 41.9 Å². The van der Waals surface area contributed by atoms with Crippen molar-refractivity contribution in [3.8, 4) is 0 Å². The third-order valence-electron chi connectivity index (χ3n) is 5.31. The number of nitrogens with zero attached hydrogens (tertiary/aromatic N) is 4. The smallest absolute Gasteiger partial charge is 0.348 e. The predicted octanol–water partition coefficient (Wildman–Crippen LogP) is 1.47. The normalized spacial score (nSPS) is 11.1. The molecule has 0 aliphatic carbocycles. The molecule has 3 aromatic heterocycles. The second-order valence-corrected chi connectivity index (χ2v) is 8.55. The van der Waals surface area contributed by atoms with E-state index >= 15 is 0 Å². The average Bonchev–Trinajstić information content (AvgIpc) is 3.37. The highest BCUT2D eigenvalue weighted by molar-refractivity contribution is 7.20. The van der Waals surface area contributed by atoms with Gasteiger partial charge >= 0.3 is 11.7 Å². The third-order valence-corrected chi connectivity index (χ3v) is 6.44. The van der Waals surface area contributed by atoms with Crippen LogP contribution in [0.5, 0.6) is 0 Å². The molecule has 0 amide bonds. The molecule has 0 saturated heterocycles. The maximum atomic E-state index is 12.6. The van der Waals surface area contributed by atoms with Gasteiger partial charge < -0.3 is 10.5 Å². The average molecular weight is 468 g/mol. The molecular formula is C22H21N5O5S. The zero-order valence-electron chi connectivity index (χ0n) is 18.2. The number of ether oxygens (including phenoxy) is 1. The van der Waals surface area contributed by atoms with Crippen LogP contribution in [0, 0.1) is 6.92 Å². The number of hydrogen-bond donors (Lipinski definition) is 1. The van der Waals surface area contributed by atoms with Gasteiger partial charge in [0, 0.05) is 19.5 Å². The highest BCUT2D eigenvalue weighted by atomic mass is 32.1. The van der Waals surface area contributed by atoms with Crippen LogP contribution in [0.4, 0.5) is 5.82 Å². The summed E-state index contributed by atoms with van der Waals surface area (Å²) in [6.45, 7) is 1.72. The number of esters is 1. The molecule has 0 spiro atoms. The summed E-state index contributed by atoms with van der Waals surface area (Å²) in [4.78, 5) is 50.6. The van der Waals surface area contributed by atoms with Crippen LogP contribution in [0.25, 0.3) is 10.2 Å². The summed E-state index contributed by atoms with van der Waals surface area (Å²) in [5.41, 5.74) is 5.74. The van der Waals surface area contributed by atoms with Crippen molar-refractivity contribution in [3.05, 3.63) is 78.9 Å². The molecule has 0 radical (unpaired) electrons. The summed E-state index contributed by atoms with van der Waals surface area (Å²) in [5.74, 6) is -1.76. The molecule has 0 bridgehead atoms. The number of carbonyl (C=O) groups is 2. The van der Waals surface area contributed by atoms with Gasteiger partial charge in [0.1, 0.15) is 21.1 Å². The lowest BCUT2D eigenvalue weighted by Gasteiger charge is -2.10. The van der Waals surface area contributed by atoms with Gasteiger partial charge in [-0.2, -0.15) is 5.10 Å². The van der Waals surface area contributed by atoms with Crippen molar-refractivity contribution in [3.63, 3.8) is 0 Å². The number of anilines is 1. The minimum Gasteiger partial charge on any atom is -0.453 e. The Morgan fingerprint density at radius 2 is 1.82 bits per heavy atom. The van der Waals surface area contributed by atoms with E-state index in [0.717, 1.165) is 30.6 Å². The molecule has 0 unspecified atom stereocenters. The van der Waals surface area contributed by atoms with Gasteiger partial charge in [-0.1, -0.05) is 30.3 Å². The van der Waals surface area contributed by atoms with E-state index in [-0.39, 0.29) is 5.82 Å². The van der Waals surface area contributed by atoms with Gasteiger partial charge in [0.05, 0.1) is 12.2 Å². The molecule has 170 valence electrons. The molecule has 0 aliphatic heterocycles. The van der Waals surface area contributed by atoms with Gasteiger partial charge in [0.15, 0.2) is 6.61 Å². The van der Waals surface area contributed by atoms with Gasteiger partial charge in [0.2, 0.25) is 5.78 Å². The van der Waals surface area contributed by atoms with Gasteiger partial charge in [0.25, 0.3) is 5.56 Å². The number of nitrogen functional groups attached to an aromatic ring is 1. The van der Waals surface area contributed by atoms with Crippen LogP contribution in [0.15, 0.2) is 46.0 Å². The standard InChI is InChI=1S/C22H21N5O5S/c1-12-14-9-16(33-20(14)27(24-12)10-13-7-5-4-6-8-13)21(30)32-11-15(28)17-18(23)25(2)22(31)26(3)19(17)29/h4-9H,10-11,23H2,1-3H3. The maximum Gasteiger partial charge on any atom is 0.348 e. The number of carbonyl (C=O) groups excluding carboxylic acids is 2. The number of benzene rings is 1. The second kappa shape index (κ2) is 8.51. The molecule has 10 nitrogen and oxygen atoms in total. The molecule has 1 aromatic carbocycles. The molecule has 11 heteroatoms. The van der Waals surface area contributed by atoms with E-state index in [9.17, 15) is 19.2 Å². The Kier molecular flexibility index (Phi) is 5.73.